The third kappa shape index (κ3) is 4.41. The monoisotopic (exact) mass is 407 g/mol. The van der Waals surface area contributed by atoms with E-state index >= 15 is 0 Å². The molecule has 0 aliphatic heterocycles. The van der Waals surface area contributed by atoms with Crippen LogP contribution in [-0.2, 0) is 16.1 Å². The van der Waals surface area contributed by atoms with Gasteiger partial charge in [-0.05, 0) is 13.8 Å². The van der Waals surface area contributed by atoms with Crippen molar-refractivity contribution in [3.63, 3.8) is 0 Å². The van der Waals surface area contributed by atoms with Crippen molar-refractivity contribution in [1.29, 1.82) is 5.26 Å². The maximum atomic E-state index is 12.4. The van der Waals surface area contributed by atoms with Crippen molar-refractivity contribution in [3.8, 4) is 6.07 Å². The van der Waals surface area contributed by atoms with Gasteiger partial charge in [-0.2, -0.15) is 5.26 Å². The van der Waals surface area contributed by atoms with Crippen LogP contribution in [0.3, 0.4) is 0 Å². The number of aromatic nitrogens is 3. The molecule has 0 atom stereocenters. The summed E-state index contributed by atoms with van der Waals surface area (Å²) >= 11 is 1.05. The lowest BCUT2D eigenvalue weighted by molar-refractivity contribution is -0.116. The molecule has 2 heterocycles. The van der Waals surface area contributed by atoms with Gasteiger partial charge >= 0.3 is 5.97 Å². The fourth-order valence-electron chi connectivity index (χ4n) is 2.28. The first-order chi connectivity index (χ1) is 13.3. The molecule has 2 aromatic heterocycles. The van der Waals surface area contributed by atoms with Gasteiger partial charge in [-0.1, -0.05) is 11.8 Å². The van der Waals surface area contributed by atoms with Crippen LogP contribution in [0.1, 0.15) is 33.4 Å². The largest absolute Gasteiger partial charge is 0.462 e. The number of anilines is 2. The number of rotatable bonds is 8. The SMILES string of the molecule is CCOC(=O)c1c(C)oc(NC(=O)Cn2c(N)nnc2SCC#N)c1C(N)=O. The molecule has 2 aromatic rings. The molecule has 0 saturated carbocycles. The predicted octanol–water partition coefficient (Wildman–Crippen LogP) is 0.292. The number of hydrogen-bond donors (Lipinski definition) is 3. The number of nitrogens with one attached hydrogen (secondary N) is 1. The van der Waals surface area contributed by atoms with Crippen LogP contribution in [0, 0.1) is 18.3 Å². The topological polar surface area (TPSA) is 192 Å². The number of furan rings is 1. The van der Waals surface area contributed by atoms with Crippen molar-refractivity contribution in [3.05, 3.63) is 16.9 Å². The second kappa shape index (κ2) is 8.91. The summed E-state index contributed by atoms with van der Waals surface area (Å²) in [6, 6.07) is 1.93. The molecule has 0 fully saturated rings. The van der Waals surface area contributed by atoms with E-state index in [0.29, 0.717) is 0 Å². The number of esters is 1. The summed E-state index contributed by atoms with van der Waals surface area (Å²) in [4.78, 5) is 36.3. The zero-order valence-electron chi connectivity index (χ0n) is 15.0. The highest BCUT2D eigenvalue weighted by Crippen LogP contribution is 2.28. The Morgan fingerprint density at radius 3 is 2.68 bits per heavy atom. The van der Waals surface area contributed by atoms with Gasteiger partial charge in [0.05, 0.1) is 18.4 Å². The number of aryl methyl sites for hydroxylation is 1. The van der Waals surface area contributed by atoms with Gasteiger partial charge in [0.2, 0.25) is 17.7 Å². The highest BCUT2D eigenvalue weighted by molar-refractivity contribution is 7.99. The quantitative estimate of drug-likeness (QED) is 0.404. The number of nitrogens with two attached hydrogens (primary N) is 2. The van der Waals surface area contributed by atoms with Gasteiger partial charge < -0.3 is 20.6 Å². The Hall–Kier alpha value is -3.53. The molecular weight excluding hydrogens is 390 g/mol. The predicted molar refractivity (Wildman–Crippen MR) is 97.3 cm³/mol. The summed E-state index contributed by atoms with van der Waals surface area (Å²) in [5, 5.41) is 18.8. The van der Waals surface area contributed by atoms with Crippen LogP contribution in [0.4, 0.5) is 11.8 Å². The molecule has 0 spiro atoms. The van der Waals surface area contributed by atoms with Gasteiger partial charge in [0.15, 0.2) is 5.16 Å². The number of ether oxygens (including phenoxy) is 1. The van der Waals surface area contributed by atoms with Crippen molar-refractivity contribution in [1.82, 2.24) is 14.8 Å². The summed E-state index contributed by atoms with van der Waals surface area (Å²) in [5.41, 5.74) is 10.6. The van der Waals surface area contributed by atoms with E-state index in [1.165, 1.54) is 11.5 Å². The van der Waals surface area contributed by atoms with Crippen LogP contribution in [0.2, 0.25) is 0 Å². The molecule has 2 amide bonds. The van der Waals surface area contributed by atoms with Crippen LogP contribution in [0.15, 0.2) is 9.57 Å². The minimum Gasteiger partial charge on any atom is -0.462 e. The lowest BCUT2D eigenvalue weighted by Gasteiger charge is -2.08. The minimum absolute atomic E-state index is 0.0337. The zero-order valence-corrected chi connectivity index (χ0v) is 15.8. The molecule has 0 aromatic carbocycles. The van der Waals surface area contributed by atoms with Crippen LogP contribution in [0.25, 0.3) is 0 Å². The molecule has 0 bridgehead atoms. The third-order valence-corrected chi connectivity index (χ3v) is 4.21. The molecule has 0 radical (unpaired) electrons. The highest BCUT2D eigenvalue weighted by atomic mass is 32.2. The fraction of sp³-hybridized carbons (Fsp3) is 0.333. The number of hydrogen-bond acceptors (Lipinski definition) is 10. The number of thioether (sulfide) groups is 1. The van der Waals surface area contributed by atoms with Crippen molar-refractivity contribution < 1.29 is 23.5 Å². The molecule has 148 valence electrons. The number of nitrogens with zero attached hydrogens (tertiary/aromatic N) is 4. The highest BCUT2D eigenvalue weighted by Gasteiger charge is 2.29. The number of carbonyl (C=O) groups is 3. The molecule has 5 N–H and O–H groups in total. The van der Waals surface area contributed by atoms with Gasteiger partial charge in [-0.15, -0.1) is 10.2 Å². The van der Waals surface area contributed by atoms with E-state index in [9.17, 15) is 14.4 Å². The molecule has 28 heavy (non-hydrogen) atoms. The van der Waals surface area contributed by atoms with Crippen molar-refractivity contribution in [2.24, 2.45) is 5.73 Å². The van der Waals surface area contributed by atoms with Crippen LogP contribution in [0.5, 0.6) is 0 Å². The Bertz CT molecular complexity index is 959. The molecule has 0 aliphatic carbocycles. The summed E-state index contributed by atoms with van der Waals surface area (Å²) < 4.78 is 11.5. The molecule has 2 rings (SSSR count). The van der Waals surface area contributed by atoms with E-state index in [1.807, 2.05) is 6.07 Å². The summed E-state index contributed by atoms with van der Waals surface area (Å²) in [7, 11) is 0. The maximum absolute atomic E-state index is 12.4. The number of nitrogen functional groups attached to an aromatic ring is 1. The van der Waals surface area contributed by atoms with E-state index in [1.54, 1.807) is 6.92 Å². The average Bonchev–Trinajstić information content (AvgIpc) is 3.13. The first-order valence-corrected chi connectivity index (χ1v) is 8.87. The number of carbonyl (C=O) groups excluding carboxylic acids is 3. The zero-order chi connectivity index (χ0) is 20.8. The lowest BCUT2D eigenvalue weighted by atomic mass is 10.1. The van der Waals surface area contributed by atoms with E-state index in [4.69, 9.17) is 25.9 Å². The number of nitriles is 1. The fourth-order valence-corrected chi connectivity index (χ4v) is 2.88. The first kappa shape index (κ1) is 20.8. The van der Waals surface area contributed by atoms with Crippen LogP contribution < -0.4 is 16.8 Å². The van der Waals surface area contributed by atoms with Gasteiger partial charge in [0, 0.05) is 0 Å². The second-order valence-electron chi connectivity index (χ2n) is 5.24. The maximum Gasteiger partial charge on any atom is 0.342 e. The normalized spacial score (nSPS) is 10.3. The van der Waals surface area contributed by atoms with Crippen molar-refractivity contribution in [2.45, 2.75) is 25.5 Å². The van der Waals surface area contributed by atoms with Crippen molar-refractivity contribution in [2.75, 3.05) is 23.4 Å². The second-order valence-corrected chi connectivity index (χ2v) is 6.19. The lowest BCUT2D eigenvalue weighted by Crippen LogP contribution is -2.23. The molecule has 12 nitrogen and oxygen atoms in total. The summed E-state index contributed by atoms with van der Waals surface area (Å²) in [5.74, 6) is -2.56. The number of primary amides is 1. The first-order valence-electron chi connectivity index (χ1n) is 7.88. The molecule has 13 heteroatoms. The third-order valence-electron chi connectivity index (χ3n) is 3.38. The van der Waals surface area contributed by atoms with Gasteiger partial charge in [-0.25, -0.2) is 4.79 Å². The van der Waals surface area contributed by atoms with E-state index < -0.39 is 17.8 Å². The Morgan fingerprint density at radius 1 is 1.36 bits per heavy atom. The Balaban J connectivity index is 2.27. The molecular formula is C15H17N7O5S. The summed E-state index contributed by atoms with van der Waals surface area (Å²) in [6.07, 6.45) is 0. The van der Waals surface area contributed by atoms with Gasteiger partial charge in [0.25, 0.3) is 5.91 Å². The van der Waals surface area contributed by atoms with E-state index in [2.05, 4.69) is 15.5 Å². The molecule has 0 unspecified atom stereocenters. The van der Waals surface area contributed by atoms with Gasteiger partial charge in [0.1, 0.15) is 23.4 Å². The van der Waals surface area contributed by atoms with Gasteiger partial charge in [-0.3, -0.25) is 19.5 Å². The Morgan fingerprint density at radius 2 is 2.07 bits per heavy atom. The molecule has 0 saturated heterocycles. The average molecular weight is 407 g/mol. The van der Waals surface area contributed by atoms with E-state index in [-0.39, 0.29) is 52.8 Å². The van der Waals surface area contributed by atoms with Crippen LogP contribution >= 0.6 is 11.8 Å². The van der Waals surface area contributed by atoms with E-state index in [0.717, 1.165) is 11.8 Å². The Kier molecular flexibility index (Phi) is 6.61. The Labute approximate surface area is 163 Å². The smallest absolute Gasteiger partial charge is 0.342 e. The minimum atomic E-state index is -0.968. The standard InChI is InChI=1S/C15H17N7O5S/c1-3-26-13(25)9-7(2)27-12(10(9)11(17)24)19-8(23)6-22-14(18)20-21-15(22)28-5-4-16/h3,5-6H2,1-2H3,(H2,17,24)(H2,18,20)(H,19,23). The van der Waals surface area contributed by atoms with Crippen LogP contribution in [-0.4, -0.2) is 44.9 Å². The van der Waals surface area contributed by atoms with Crippen molar-refractivity contribution >= 4 is 41.4 Å². The summed E-state index contributed by atoms with van der Waals surface area (Å²) in [6.45, 7) is 2.80. The molecule has 0 aliphatic rings. The number of amides is 2.